The van der Waals surface area contributed by atoms with Crippen molar-refractivity contribution in [3.05, 3.63) is 21.9 Å². The summed E-state index contributed by atoms with van der Waals surface area (Å²) in [6, 6.07) is 1.98. The van der Waals surface area contributed by atoms with Crippen LogP contribution in [0.4, 0.5) is 0 Å². The summed E-state index contributed by atoms with van der Waals surface area (Å²) in [5.41, 5.74) is 0.288. The van der Waals surface area contributed by atoms with Crippen molar-refractivity contribution in [2.24, 2.45) is 0 Å². The highest BCUT2D eigenvalue weighted by molar-refractivity contribution is 7.12. The summed E-state index contributed by atoms with van der Waals surface area (Å²) in [4.78, 5) is 26.9. The van der Waals surface area contributed by atoms with Crippen LogP contribution in [0, 0.1) is 0 Å². The van der Waals surface area contributed by atoms with E-state index in [-0.39, 0.29) is 11.8 Å². The Hall–Kier alpha value is -1.36. The van der Waals surface area contributed by atoms with Crippen molar-refractivity contribution in [1.29, 1.82) is 0 Å². The first-order valence-electron chi connectivity index (χ1n) is 6.15. The number of thiophene rings is 1. The van der Waals surface area contributed by atoms with E-state index in [1.54, 1.807) is 18.7 Å². The zero-order valence-electron chi connectivity index (χ0n) is 10.9. The van der Waals surface area contributed by atoms with Crippen LogP contribution < -0.4 is 5.32 Å². The molecule has 5 heteroatoms. The number of amides is 2. The molecule has 2 heterocycles. The molecule has 0 radical (unpaired) electrons. The Morgan fingerprint density at radius 3 is 2.94 bits per heavy atom. The largest absolute Gasteiger partial charge is 0.352 e. The average Bonchev–Trinajstić information content (AvgIpc) is 2.80. The Kier molecular flexibility index (Phi) is 3.43. The van der Waals surface area contributed by atoms with Crippen LogP contribution in [-0.4, -0.2) is 35.3 Å². The maximum Gasteiger partial charge on any atom is 0.265 e. The van der Waals surface area contributed by atoms with Gasteiger partial charge in [0, 0.05) is 13.1 Å². The summed E-state index contributed by atoms with van der Waals surface area (Å²) in [5.74, 6) is -0.113. The van der Waals surface area contributed by atoms with Crippen molar-refractivity contribution in [2.75, 3.05) is 13.1 Å². The zero-order chi connectivity index (χ0) is 13.3. The number of piperazine rings is 1. The molecule has 18 heavy (non-hydrogen) atoms. The van der Waals surface area contributed by atoms with Gasteiger partial charge in [0.2, 0.25) is 5.91 Å². The molecule has 0 spiro atoms. The van der Waals surface area contributed by atoms with E-state index in [0.717, 1.165) is 16.9 Å². The van der Waals surface area contributed by atoms with Gasteiger partial charge in [-0.25, -0.2) is 0 Å². The highest BCUT2D eigenvalue weighted by atomic mass is 32.1. The van der Waals surface area contributed by atoms with Crippen LogP contribution in [0.1, 0.15) is 36.0 Å². The Morgan fingerprint density at radius 2 is 2.28 bits per heavy atom. The molecule has 1 saturated heterocycles. The topological polar surface area (TPSA) is 49.4 Å². The lowest BCUT2D eigenvalue weighted by Crippen LogP contribution is -2.63. The van der Waals surface area contributed by atoms with Crippen LogP contribution in [0.25, 0.3) is 0 Å². The number of nitrogens with zero attached hydrogens (tertiary/aromatic N) is 1. The van der Waals surface area contributed by atoms with Crippen molar-refractivity contribution < 1.29 is 9.59 Å². The molecule has 1 N–H and O–H groups in total. The summed E-state index contributed by atoms with van der Waals surface area (Å²) in [5, 5.41) is 4.74. The van der Waals surface area contributed by atoms with Gasteiger partial charge in [0.25, 0.3) is 5.91 Å². The smallest absolute Gasteiger partial charge is 0.265 e. The highest BCUT2D eigenvalue weighted by Crippen LogP contribution is 2.25. The lowest BCUT2D eigenvalue weighted by molar-refractivity contribution is -0.133. The van der Waals surface area contributed by atoms with E-state index < -0.39 is 5.54 Å². The molecular formula is C13H18N2O2S. The lowest BCUT2D eigenvalue weighted by atomic mass is 9.98. The molecule has 98 valence electrons. The molecule has 1 aromatic heterocycles. The number of hydrogen-bond donors (Lipinski definition) is 1. The summed E-state index contributed by atoms with van der Waals surface area (Å²) in [6.07, 6.45) is 0.838. The van der Waals surface area contributed by atoms with E-state index >= 15 is 0 Å². The zero-order valence-corrected chi connectivity index (χ0v) is 11.8. The van der Waals surface area contributed by atoms with Crippen molar-refractivity contribution in [3.8, 4) is 0 Å². The van der Waals surface area contributed by atoms with Gasteiger partial charge < -0.3 is 10.2 Å². The van der Waals surface area contributed by atoms with Crippen LogP contribution in [0.5, 0.6) is 0 Å². The minimum Gasteiger partial charge on any atom is -0.352 e. The van der Waals surface area contributed by atoms with E-state index in [1.807, 2.05) is 18.4 Å². The second-order valence-corrected chi connectivity index (χ2v) is 5.82. The van der Waals surface area contributed by atoms with Gasteiger partial charge in [-0.1, -0.05) is 6.92 Å². The molecule has 4 nitrogen and oxygen atoms in total. The van der Waals surface area contributed by atoms with Gasteiger partial charge in [-0.05, 0) is 37.3 Å². The molecule has 0 bridgehead atoms. The normalized spacial score (nSPS) is 18.6. The first-order chi connectivity index (χ1) is 8.48. The Bertz CT molecular complexity index is 479. The summed E-state index contributed by atoms with van der Waals surface area (Å²) < 4.78 is 0. The molecule has 1 fully saturated rings. The van der Waals surface area contributed by atoms with Gasteiger partial charge in [0.05, 0.1) is 4.88 Å². The molecule has 0 atom stereocenters. The monoisotopic (exact) mass is 266 g/mol. The number of nitrogens with one attached hydrogen (secondary N) is 1. The number of carbonyl (C=O) groups excluding carboxylic acids is 2. The van der Waals surface area contributed by atoms with Crippen LogP contribution in [-0.2, 0) is 11.2 Å². The molecule has 2 amide bonds. The summed E-state index contributed by atoms with van der Waals surface area (Å²) in [7, 11) is 0. The third kappa shape index (κ3) is 2.03. The van der Waals surface area contributed by atoms with Gasteiger partial charge >= 0.3 is 0 Å². The molecule has 0 saturated carbocycles. The van der Waals surface area contributed by atoms with Crippen molar-refractivity contribution in [1.82, 2.24) is 10.2 Å². The highest BCUT2D eigenvalue weighted by Gasteiger charge is 2.41. The number of carbonyl (C=O) groups is 2. The van der Waals surface area contributed by atoms with E-state index in [9.17, 15) is 9.59 Å². The van der Waals surface area contributed by atoms with Gasteiger partial charge in [0.1, 0.15) is 5.54 Å². The predicted molar refractivity (Wildman–Crippen MR) is 71.8 cm³/mol. The lowest BCUT2D eigenvalue weighted by Gasteiger charge is -2.41. The van der Waals surface area contributed by atoms with Crippen LogP contribution in [0.15, 0.2) is 11.4 Å². The Labute approximate surface area is 111 Å². The third-order valence-electron chi connectivity index (χ3n) is 3.42. The molecule has 1 aliphatic heterocycles. The molecule has 0 unspecified atom stereocenters. The Morgan fingerprint density at radius 1 is 1.56 bits per heavy atom. The fourth-order valence-corrected chi connectivity index (χ4v) is 3.12. The number of hydrogen-bond acceptors (Lipinski definition) is 3. The minimum atomic E-state index is -0.773. The SMILES string of the molecule is CCc1ccsc1C(=O)N1CCNC(=O)C1(C)C. The average molecular weight is 266 g/mol. The summed E-state index contributed by atoms with van der Waals surface area (Å²) in [6.45, 7) is 6.71. The van der Waals surface area contributed by atoms with E-state index in [0.29, 0.717) is 13.1 Å². The van der Waals surface area contributed by atoms with E-state index in [4.69, 9.17) is 0 Å². The molecule has 1 aliphatic rings. The van der Waals surface area contributed by atoms with Crippen molar-refractivity contribution in [3.63, 3.8) is 0 Å². The van der Waals surface area contributed by atoms with Gasteiger partial charge in [-0.2, -0.15) is 0 Å². The summed E-state index contributed by atoms with van der Waals surface area (Å²) >= 11 is 1.45. The predicted octanol–water partition coefficient (Wildman–Crippen LogP) is 1.66. The number of rotatable bonds is 2. The first-order valence-corrected chi connectivity index (χ1v) is 7.03. The Balaban J connectivity index is 2.31. The van der Waals surface area contributed by atoms with E-state index in [1.165, 1.54) is 11.3 Å². The van der Waals surface area contributed by atoms with Crippen molar-refractivity contribution in [2.45, 2.75) is 32.7 Å². The van der Waals surface area contributed by atoms with E-state index in [2.05, 4.69) is 5.32 Å². The van der Waals surface area contributed by atoms with Crippen LogP contribution in [0.2, 0.25) is 0 Å². The fourth-order valence-electron chi connectivity index (χ4n) is 2.18. The first kappa shape index (κ1) is 13.1. The molecule has 2 rings (SSSR count). The van der Waals surface area contributed by atoms with Crippen LogP contribution >= 0.6 is 11.3 Å². The van der Waals surface area contributed by atoms with Gasteiger partial charge in [0.15, 0.2) is 0 Å². The van der Waals surface area contributed by atoms with Crippen molar-refractivity contribution >= 4 is 23.2 Å². The maximum absolute atomic E-state index is 12.6. The fraction of sp³-hybridized carbons (Fsp3) is 0.538. The third-order valence-corrected chi connectivity index (χ3v) is 4.36. The van der Waals surface area contributed by atoms with Gasteiger partial charge in [-0.15, -0.1) is 11.3 Å². The molecule has 1 aromatic rings. The molecular weight excluding hydrogens is 248 g/mol. The van der Waals surface area contributed by atoms with Crippen LogP contribution in [0.3, 0.4) is 0 Å². The van der Waals surface area contributed by atoms with Gasteiger partial charge in [-0.3, -0.25) is 9.59 Å². The number of aryl methyl sites for hydroxylation is 1. The second-order valence-electron chi connectivity index (χ2n) is 4.90. The molecule has 0 aromatic carbocycles. The quantitative estimate of drug-likeness (QED) is 0.885. The second kappa shape index (κ2) is 4.72. The maximum atomic E-state index is 12.6. The minimum absolute atomic E-state index is 0.0262. The molecule has 0 aliphatic carbocycles. The standard InChI is InChI=1S/C13H18N2O2S/c1-4-9-5-8-18-10(9)11(16)15-7-6-14-12(17)13(15,2)3/h5,8H,4,6-7H2,1-3H3,(H,14,17).